The van der Waals surface area contributed by atoms with E-state index in [0.717, 1.165) is 54.7 Å². The third kappa shape index (κ3) is 5.91. The Labute approximate surface area is 208 Å². The van der Waals surface area contributed by atoms with E-state index in [4.69, 9.17) is 4.74 Å². The molecule has 1 aliphatic heterocycles. The Morgan fingerprint density at radius 2 is 1.69 bits per heavy atom. The fourth-order valence-corrected chi connectivity index (χ4v) is 4.33. The van der Waals surface area contributed by atoms with Gasteiger partial charge in [-0.2, -0.15) is 0 Å². The number of nitrogens with zero attached hydrogens (tertiary/aromatic N) is 5. The number of ether oxygens (including phenoxy) is 1. The third-order valence-corrected chi connectivity index (χ3v) is 6.72. The second-order valence-corrected chi connectivity index (χ2v) is 8.90. The number of carbonyl (C=O) groups is 1. The van der Waals surface area contributed by atoms with Gasteiger partial charge in [0.25, 0.3) is 5.91 Å². The first-order valence-electron chi connectivity index (χ1n) is 12.4. The number of carbonyl (C=O) groups excluding carboxylic acids is 1. The van der Waals surface area contributed by atoms with Crippen LogP contribution in [0.3, 0.4) is 0 Å². The lowest BCUT2D eigenvalue weighted by Gasteiger charge is -2.35. The standard InChI is InChI=1S/C28H35N5O2/c1-5-31(6-2)24-8-7-9-25(19-24)35-20-28(34)33-16-14-32(15-17-33)27-13-12-26(29-30-27)23-11-10-21(3)22(4)18-23/h7-13,18-19H,5-6,14-17,20H2,1-4H3. The van der Waals surface area contributed by atoms with Crippen LogP contribution in [0.15, 0.2) is 54.6 Å². The Balaban J connectivity index is 1.29. The van der Waals surface area contributed by atoms with Gasteiger partial charge in [0.2, 0.25) is 0 Å². The molecule has 1 aliphatic rings. The summed E-state index contributed by atoms with van der Waals surface area (Å²) in [6.45, 7) is 13.1. The van der Waals surface area contributed by atoms with Gasteiger partial charge in [0, 0.05) is 56.6 Å². The molecule has 1 amide bonds. The lowest BCUT2D eigenvalue weighted by molar-refractivity contribution is -0.133. The van der Waals surface area contributed by atoms with Crippen LogP contribution in [0.25, 0.3) is 11.3 Å². The van der Waals surface area contributed by atoms with Crippen molar-refractivity contribution in [2.45, 2.75) is 27.7 Å². The van der Waals surface area contributed by atoms with Gasteiger partial charge in [-0.05, 0) is 69.2 Å². The predicted molar refractivity (Wildman–Crippen MR) is 141 cm³/mol. The van der Waals surface area contributed by atoms with E-state index in [1.807, 2.05) is 35.2 Å². The summed E-state index contributed by atoms with van der Waals surface area (Å²) >= 11 is 0. The highest BCUT2D eigenvalue weighted by Crippen LogP contribution is 2.23. The molecule has 184 valence electrons. The van der Waals surface area contributed by atoms with Crippen LogP contribution in [0.4, 0.5) is 11.5 Å². The molecule has 0 unspecified atom stereocenters. The van der Waals surface area contributed by atoms with Crippen LogP contribution in [-0.4, -0.2) is 66.9 Å². The van der Waals surface area contributed by atoms with E-state index in [1.54, 1.807) is 0 Å². The van der Waals surface area contributed by atoms with E-state index in [-0.39, 0.29) is 12.5 Å². The Hall–Kier alpha value is -3.61. The second kappa shape index (κ2) is 11.2. The number of aromatic nitrogens is 2. The summed E-state index contributed by atoms with van der Waals surface area (Å²) in [6.07, 6.45) is 0. The van der Waals surface area contributed by atoms with Crippen molar-refractivity contribution in [3.05, 3.63) is 65.7 Å². The van der Waals surface area contributed by atoms with Crippen molar-refractivity contribution in [3.8, 4) is 17.0 Å². The van der Waals surface area contributed by atoms with Gasteiger partial charge in [-0.25, -0.2) is 0 Å². The zero-order valence-electron chi connectivity index (χ0n) is 21.2. The van der Waals surface area contributed by atoms with Gasteiger partial charge in [0.15, 0.2) is 12.4 Å². The molecule has 0 aliphatic carbocycles. The molecule has 1 aromatic heterocycles. The molecule has 2 heterocycles. The van der Waals surface area contributed by atoms with E-state index in [0.29, 0.717) is 13.1 Å². The van der Waals surface area contributed by atoms with Crippen molar-refractivity contribution in [2.75, 3.05) is 55.7 Å². The summed E-state index contributed by atoms with van der Waals surface area (Å²) in [4.78, 5) is 19.0. The minimum Gasteiger partial charge on any atom is -0.484 e. The maximum absolute atomic E-state index is 12.7. The topological polar surface area (TPSA) is 61.8 Å². The van der Waals surface area contributed by atoms with E-state index >= 15 is 0 Å². The zero-order chi connectivity index (χ0) is 24.8. The van der Waals surface area contributed by atoms with E-state index in [1.165, 1.54) is 11.1 Å². The highest BCUT2D eigenvalue weighted by atomic mass is 16.5. The van der Waals surface area contributed by atoms with Crippen LogP contribution in [-0.2, 0) is 4.79 Å². The average molecular weight is 474 g/mol. The Bertz CT molecular complexity index is 1140. The van der Waals surface area contributed by atoms with Crippen molar-refractivity contribution >= 4 is 17.4 Å². The summed E-state index contributed by atoms with van der Waals surface area (Å²) in [5.41, 5.74) is 5.57. The number of aryl methyl sites for hydroxylation is 2. The highest BCUT2D eigenvalue weighted by Gasteiger charge is 2.22. The number of rotatable bonds is 8. The first-order chi connectivity index (χ1) is 17.0. The third-order valence-electron chi connectivity index (χ3n) is 6.72. The minimum atomic E-state index is 0.00839. The number of hydrogen-bond donors (Lipinski definition) is 0. The van der Waals surface area contributed by atoms with E-state index in [9.17, 15) is 4.79 Å². The summed E-state index contributed by atoms with van der Waals surface area (Å²) < 4.78 is 5.83. The van der Waals surface area contributed by atoms with Gasteiger partial charge in [0.05, 0.1) is 5.69 Å². The minimum absolute atomic E-state index is 0.00839. The molecule has 0 bridgehead atoms. The SMILES string of the molecule is CCN(CC)c1cccc(OCC(=O)N2CCN(c3ccc(-c4ccc(C)c(C)c4)nn3)CC2)c1. The highest BCUT2D eigenvalue weighted by molar-refractivity contribution is 5.78. The van der Waals surface area contributed by atoms with Gasteiger partial charge in [-0.1, -0.05) is 18.2 Å². The Kier molecular flexibility index (Phi) is 7.85. The van der Waals surface area contributed by atoms with Crippen LogP contribution in [0.2, 0.25) is 0 Å². The first kappa shape index (κ1) is 24.5. The van der Waals surface area contributed by atoms with Crippen LogP contribution >= 0.6 is 0 Å². The molecule has 1 fully saturated rings. The molecular formula is C28H35N5O2. The predicted octanol–water partition coefficient (Wildman–Crippen LogP) is 4.33. The van der Waals surface area contributed by atoms with Gasteiger partial charge < -0.3 is 19.4 Å². The number of hydrogen-bond acceptors (Lipinski definition) is 6. The molecule has 0 atom stereocenters. The molecule has 4 rings (SSSR count). The first-order valence-corrected chi connectivity index (χ1v) is 12.4. The smallest absolute Gasteiger partial charge is 0.260 e. The molecule has 2 aromatic carbocycles. The fraction of sp³-hybridized carbons (Fsp3) is 0.393. The number of piperazine rings is 1. The summed E-state index contributed by atoms with van der Waals surface area (Å²) in [6, 6.07) is 18.3. The maximum Gasteiger partial charge on any atom is 0.260 e. The number of benzene rings is 2. The summed E-state index contributed by atoms with van der Waals surface area (Å²) in [5.74, 6) is 1.57. The average Bonchev–Trinajstić information content (AvgIpc) is 2.90. The van der Waals surface area contributed by atoms with Crippen LogP contribution < -0.4 is 14.5 Å². The Morgan fingerprint density at radius 1 is 0.914 bits per heavy atom. The van der Waals surface area contributed by atoms with Crippen molar-refractivity contribution in [1.29, 1.82) is 0 Å². The molecule has 7 nitrogen and oxygen atoms in total. The molecule has 0 saturated carbocycles. The van der Waals surface area contributed by atoms with Gasteiger partial charge in [0.1, 0.15) is 5.75 Å². The van der Waals surface area contributed by atoms with Crippen molar-refractivity contribution < 1.29 is 9.53 Å². The Morgan fingerprint density at radius 3 is 2.34 bits per heavy atom. The second-order valence-electron chi connectivity index (χ2n) is 8.90. The lowest BCUT2D eigenvalue weighted by Crippen LogP contribution is -2.50. The molecular weight excluding hydrogens is 438 g/mol. The molecule has 0 radical (unpaired) electrons. The van der Waals surface area contributed by atoms with Crippen molar-refractivity contribution in [1.82, 2.24) is 15.1 Å². The molecule has 35 heavy (non-hydrogen) atoms. The van der Waals surface area contributed by atoms with E-state index in [2.05, 4.69) is 72.0 Å². The summed E-state index contributed by atoms with van der Waals surface area (Å²) in [7, 11) is 0. The number of amides is 1. The van der Waals surface area contributed by atoms with E-state index < -0.39 is 0 Å². The normalized spacial score (nSPS) is 13.6. The number of anilines is 2. The monoisotopic (exact) mass is 473 g/mol. The summed E-state index contributed by atoms with van der Waals surface area (Å²) in [5, 5.41) is 8.91. The largest absolute Gasteiger partial charge is 0.484 e. The van der Waals surface area contributed by atoms with Crippen LogP contribution in [0.5, 0.6) is 5.75 Å². The fourth-order valence-electron chi connectivity index (χ4n) is 4.33. The van der Waals surface area contributed by atoms with Crippen molar-refractivity contribution in [3.63, 3.8) is 0 Å². The van der Waals surface area contributed by atoms with Gasteiger partial charge >= 0.3 is 0 Å². The molecule has 7 heteroatoms. The van der Waals surface area contributed by atoms with Crippen LogP contribution in [0, 0.1) is 13.8 Å². The lowest BCUT2D eigenvalue weighted by atomic mass is 10.0. The van der Waals surface area contributed by atoms with Gasteiger partial charge in [-0.3, -0.25) is 4.79 Å². The quantitative estimate of drug-likeness (QED) is 0.485. The molecule has 0 N–H and O–H groups in total. The molecule has 3 aromatic rings. The molecule has 1 saturated heterocycles. The van der Waals surface area contributed by atoms with Gasteiger partial charge in [-0.15, -0.1) is 10.2 Å². The van der Waals surface area contributed by atoms with Crippen LogP contribution in [0.1, 0.15) is 25.0 Å². The maximum atomic E-state index is 12.7. The van der Waals surface area contributed by atoms with Crippen molar-refractivity contribution in [2.24, 2.45) is 0 Å². The molecule has 0 spiro atoms. The zero-order valence-corrected chi connectivity index (χ0v) is 21.2.